The highest BCUT2D eigenvalue weighted by Crippen LogP contribution is 2.26. The van der Waals surface area contributed by atoms with Gasteiger partial charge in [-0.25, -0.2) is 23.8 Å². The number of nitrogens with one attached hydrogen (secondary N) is 2. The van der Waals surface area contributed by atoms with Gasteiger partial charge in [-0.05, 0) is 38.5 Å². The first kappa shape index (κ1) is 18.9. The minimum atomic E-state index is -0.550. The van der Waals surface area contributed by atoms with Crippen LogP contribution < -0.4 is 10.1 Å². The van der Waals surface area contributed by atoms with Gasteiger partial charge in [-0.3, -0.25) is 0 Å². The van der Waals surface area contributed by atoms with E-state index in [-0.39, 0.29) is 23.8 Å². The molecule has 0 bridgehead atoms. The third-order valence-corrected chi connectivity index (χ3v) is 4.44. The molecule has 0 amide bonds. The average molecular weight is 398 g/mol. The van der Waals surface area contributed by atoms with Crippen molar-refractivity contribution in [3.05, 3.63) is 59.9 Å². The summed E-state index contributed by atoms with van der Waals surface area (Å²) in [6, 6.07) is 8.99. The number of nitrogens with zero attached hydrogens (tertiary/aromatic N) is 4. The third-order valence-electron chi connectivity index (χ3n) is 4.44. The van der Waals surface area contributed by atoms with Crippen molar-refractivity contribution in [3.8, 4) is 5.88 Å². The Balaban J connectivity index is 1.65. The van der Waals surface area contributed by atoms with Gasteiger partial charge in [0.15, 0.2) is 23.1 Å². The minimum absolute atomic E-state index is 0.0168. The molecule has 0 aliphatic rings. The smallest absolute Gasteiger partial charge is 0.211 e. The van der Waals surface area contributed by atoms with E-state index in [1.165, 1.54) is 18.2 Å². The topological polar surface area (TPSA) is 80.7 Å². The van der Waals surface area contributed by atoms with Crippen LogP contribution in [0, 0.1) is 11.6 Å². The number of benzene rings is 1. The molecule has 1 atom stereocenters. The fourth-order valence-corrected chi connectivity index (χ4v) is 3.01. The van der Waals surface area contributed by atoms with Crippen LogP contribution in [0.4, 0.5) is 20.4 Å². The van der Waals surface area contributed by atoms with Crippen LogP contribution in [-0.2, 0) is 0 Å². The Bertz CT molecular complexity index is 1140. The number of hydrogen-bond acceptors (Lipinski definition) is 5. The van der Waals surface area contributed by atoms with Crippen molar-refractivity contribution < 1.29 is 13.5 Å². The molecule has 150 valence electrons. The normalized spacial score (nSPS) is 12.5. The second kappa shape index (κ2) is 7.50. The molecule has 0 saturated heterocycles. The number of rotatable bonds is 6. The van der Waals surface area contributed by atoms with Crippen molar-refractivity contribution >= 4 is 22.8 Å². The number of imidazole rings is 1. The number of ether oxygens (including phenoxy) is 1. The maximum absolute atomic E-state index is 14.5. The van der Waals surface area contributed by atoms with Crippen LogP contribution in [0.3, 0.4) is 0 Å². The molecule has 0 saturated carbocycles. The van der Waals surface area contributed by atoms with E-state index in [4.69, 9.17) is 4.74 Å². The van der Waals surface area contributed by atoms with Crippen LogP contribution in [-0.4, -0.2) is 30.8 Å². The molecule has 29 heavy (non-hydrogen) atoms. The van der Waals surface area contributed by atoms with Crippen LogP contribution in [0.2, 0.25) is 0 Å². The zero-order valence-corrected chi connectivity index (χ0v) is 16.1. The van der Waals surface area contributed by atoms with Gasteiger partial charge in [-0.2, -0.15) is 5.10 Å². The van der Waals surface area contributed by atoms with Gasteiger partial charge in [0.25, 0.3) is 0 Å². The Morgan fingerprint density at radius 2 is 1.86 bits per heavy atom. The van der Waals surface area contributed by atoms with E-state index in [2.05, 4.69) is 25.5 Å². The van der Waals surface area contributed by atoms with Gasteiger partial charge >= 0.3 is 0 Å². The molecule has 3 aromatic heterocycles. The summed E-state index contributed by atoms with van der Waals surface area (Å²) in [6.45, 7) is 5.73. The summed E-state index contributed by atoms with van der Waals surface area (Å²) in [5.41, 5.74) is 1.81. The van der Waals surface area contributed by atoms with Crippen molar-refractivity contribution in [1.82, 2.24) is 24.7 Å². The molecule has 0 fully saturated rings. The SMILES string of the molecule is CC(C)Oc1cc(Nc2nc3c(cc2F)ncn3C(C)c2ccc(F)cc2)n[nH]1. The largest absolute Gasteiger partial charge is 0.475 e. The lowest BCUT2D eigenvalue weighted by Gasteiger charge is -2.15. The van der Waals surface area contributed by atoms with E-state index < -0.39 is 5.82 Å². The second-order valence-electron chi connectivity index (χ2n) is 6.95. The zero-order valence-electron chi connectivity index (χ0n) is 16.1. The van der Waals surface area contributed by atoms with Gasteiger partial charge in [-0.1, -0.05) is 12.1 Å². The number of halogens is 2. The molecule has 0 aliphatic heterocycles. The summed E-state index contributed by atoms with van der Waals surface area (Å²) in [6.07, 6.45) is 1.58. The molecule has 2 N–H and O–H groups in total. The fourth-order valence-electron chi connectivity index (χ4n) is 3.01. The van der Waals surface area contributed by atoms with Gasteiger partial charge in [0.05, 0.1) is 18.5 Å². The number of hydrogen-bond donors (Lipinski definition) is 2. The Kier molecular flexibility index (Phi) is 4.87. The molecule has 4 aromatic rings. The molecular weight excluding hydrogens is 378 g/mol. The molecule has 9 heteroatoms. The second-order valence-corrected chi connectivity index (χ2v) is 6.95. The zero-order chi connectivity index (χ0) is 20.5. The highest BCUT2D eigenvalue weighted by atomic mass is 19.1. The quantitative estimate of drug-likeness (QED) is 0.497. The first-order valence-electron chi connectivity index (χ1n) is 9.18. The third kappa shape index (κ3) is 3.89. The summed E-state index contributed by atoms with van der Waals surface area (Å²) in [5, 5.41) is 9.65. The highest BCUT2D eigenvalue weighted by molar-refractivity contribution is 5.74. The van der Waals surface area contributed by atoms with Gasteiger partial charge in [-0.15, -0.1) is 0 Å². The molecule has 7 nitrogen and oxygen atoms in total. The molecule has 1 aromatic carbocycles. The summed E-state index contributed by atoms with van der Waals surface area (Å²) < 4.78 is 35.1. The van der Waals surface area contributed by atoms with E-state index in [9.17, 15) is 8.78 Å². The van der Waals surface area contributed by atoms with Crippen molar-refractivity contribution in [2.45, 2.75) is 32.9 Å². The van der Waals surface area contributed by atoms with Gasteiger partial charge < -0.3 is 14.6 Å². The molecule has 1 unspecified atom stereocenters. The maximum Gasteiger partial charge on any atom is 0.211 e. The Morgan fingerprint density at radius 1 is 1.10 bits per heavy atom. The Labute approximate surface area is 165 Å². The van der Waals surface area contributed by atoms with Gasteiger partial charge in [0.2, 0.25) is 5.88 Å². The average Bonchev–Trinajstić information content (AvgIpc) is 3.28. The van der Waals surface area contributed by atoms with Gasteiger partial charge in [0, 0.05) is 12.1 Å². The van der Waals surface area contributed by atoms with Crippen LogP contribution in [0.15, 0.2) is 42.7 Å². The summed E-state index contributed by atoms with van der Waals surface area (Å²) in [4.78, 5) is 8.66. The first-order chi connectivity index (χ1) is 13.9. The fraction of sp³-hybridized carbons (Fsp3) is 0.250. The van der Waals surface area contributed by atoms with Crippen LogP contribution in [0.5, 0.6) is 5.88 Å². The van der Waals surface area contributed by atoms with E-state index >= 15 is 0 Å². The molecule has 3 heterocycles. The standard InChI is InChI=1S/C20H20F2N6O/c1-11(2)29-18-9-17(26-27-18)24-19-15(22)8-16-20(25-19)28(10-23-16)12(3)13-4-6-14(21)7-5-13/h4-12H,1-3H3,(H2,24,25,26,27). The molecule has 0 aliphatic carbocycles. The van der Waals surface area contributed by atoms with Crippen molar-refractivity contribution in [1.29, 1.82) is 0 Å². The summed E-state index contributed by atoms with van der Waals surface area (Å²) in [7, 11) is 0. The lowest BCUT2D eigenvalue weighted by Crippen LogP contribution is -2.07. The molecule has 0 radical (unpaired) electrons. The number of fused-ring (bicyclic) bond motifs is 1. The lowest BCUT2D eigenvalue weighted by molar-refractivity contribution is 0.232. The van der Waals surface area contributed by atoms with Crippen LogP contribution in [0.1, 0.15) is 32.4 Å². The summed E-state index contributed by atoms with van der Waals surface area (Å²) in [5.74, 6) is 0.0191. The Morgan fingerprint density at radius 3 is 2.59 bits per heavy atom. The van der Waals surface area contributed by atoms with Crippen LogP contribution in [0.25, 0.3) is 11.2 Å². The first-order valence-corrected chi connectivity index (χ1v) is 9.18. The number of H-pyrrole nitrogens is 1. The molecule has 4 rings (SSSR count). The highest BCUT2D eigenvalue weighted by Gasteiger charge is 2.17. The molecular formula is C20H20F2N6O. The van der Waals surface area contributed by atoms with E-state index in [0.717, 1.165) is 5.56 Å². The predicted molar refractivity (Wildman–Crippen MR) is 105 cm³/mol. The number of aromatic nitrogens is 5. The monoisotopic (exact) mass is 398 g/mol. The van der Waals surface area contributed by atoms with Crippen molar-refractivity contribution in [2.24, 2.45) is 0 Å². The maximum atomic E-state index is 14.5. The van der Waals surface area contributed by atoms with E-state index in [0.29, 0.717) is 22.9 Å². The summed E-state index contributed by atoms with van der Waals surface area (Å²) >= 11 is 0. The van der Waals surface area contributed by atoms with Crippen molar-refractivity contribution in [2.75, 3.05) is 5.32 Å². The van der Waals surface area contributed by atoms with Crippen LogP contribution >= 0.6 is 0 Å². The number of anilines is 2. The lowest BCUT2D eigenvalue weighted by atomic mass is 10.1. The number of aromatic amines is 1. The Hall–Kier alpha value is -3.49. The predicted octanol–water partition coefficient (Wildman–Crippen LogP) is 4.57. The van der Waals surface area contributed by atoms with E-state index in [1.54, 1.807) is 24.5 Å². The van der Waals surface area contributed by atoms with E-state index in [1.807, 2.05) is 25.3 Å². The molecule has 0 spiro atoms. The van der Waals surface area contributed by atoms with Crippen molar-refractivity contribution in [3.63, 3.8) is 0 Å². The minimum Gasteiger partial charge on any atom is -0.475 e. The van der Waals surface area contributed by atoms with Gasteiger partial charge in [0.1, 0.15) is 11.3 Å². The number of pyridine rings is 1.